The van der Waals surface area contributed by atoms with Crippen LogP contribution < -0.4 is 5.32 Å². The zero-order valence-corrected chi connectivity index (χ0v) is 12.6. The molecule has 4 nitrogen and oxygen atoms in total. The lowest BCUT2D eigenvalue weighted by Gasteiger charge is -2.30. The van der Waals surface area contributed by atoms with Gasteiger partial charge < -0.3 is 10.2 Å². The predicted molar refractivity (Wildman–Crippen MR) is 76.7 cm³/mol. The van der Waals surface area contributed by atoms with Crippen LogP contribution in [0.1, 0.15) is 59.3 Å². The van der Waals surface area contributed by atoms with Gasteiger partial charge in [0.15, 0.2) is 0 Å². The third-order valence-electron chi connectivity index (χ3n) is 3.85. The minimum atomic E-state index is 0.00339. The minimum Gasteiger partial charge on any atom is -0.354 e. The summed E-state index contributed by atoms with van der Waals surface area (Å²) in [5.74, 6) is 0.193. The largest absolute Gasteiger partial charge is 0.354 e. The average Bonchev–Trinajstić information content (AvgIpc) is 2.62. The lowest BCUT2D eigenvalue weighted by molar-refractivity contribution is -0.132. The second-order valence-electron chi connectivity index (χ2n) is 5.80. The van der Waals surface area contributed by atoms with E-state index in [1.54, 1.807) is 6.92 Å². The summed E-state index contributed by atoms with van der Waals surface area (Å²) in [4.78, 5) is 25.2. The molecule has 0 aromatic carbocycles. The zero-order valence-electron chi connectivity index (χ0n) is 12.6. The van der Waals surface area contributed by atoms with Crippen LogP contribution in [-0.4, -0.2) is 35.8 Å². The number of nitrogens with one attached hydrogen (secondary N) is 1. The molecule has 0 atom stereocenters. The second kappa shape index (κ2) is 8.18. The van der Waals surface area contributed by atoms with E-state index in [4.69, 9.17) is 0 Å². The van der Waals surface area contributed by atoms with Crippen molar-refractivity contribution in [3.63, 3.8) is 0 Å². The number of carbonyl (C=O) groups excluding carboxylic acids is 2. The van der Waals surface area contributed by atoms with Gasteiger partial charge in [-0.1, -0.05) is 39.5 Å². The maximum atomic E-state index is 11.8. The highest BCUT2D eigenvalue weighted by Gasteiger charge is 2.22. The first-order valence-corrected chi connectivity index (χ1v) is 7.57. The fourth-order valence-corrected chi connectivity index (χ4v) is 2.67. The van der Waals surface area contributed by atoms with Crippen molar-refractivity contribution in [3.05, 3.63) is 0 Å². The van der Waals surface area contributed by atoms with E-state index < -0.39 is 0 Å². The molecule has 19 heavy (non-hydrogen) atoms. The highest BCUT2D eigenvalue weighted by molar-refractivity contribution is 5.78. The summed E-state index contributed by atoms with van der Waals surface area (Å²) in [5.41, 5.74) is 0. The molecule has 1 saturated carbocycles. The fraction of sp³-hybridized carbons (Fsp3) is 0.867. The Labute approximate surface area is 116 Å². The Morgan fingerprint density at radius 3 is 2.21 bits per heavy atom. The molecule has 0 radical (unpaired) electrons. The van der Waals surface area contributed by atoms with Gasteiger partial charge in [-0.3, -0.25) is 9.59 Å². The van der Waals surface area contributed by atoms with Crippen molar-refractivity contribution in [3.8, 4) is 0 Å². The van der Waals surface area contributed by atoms with Gasteiger partial charge in [0.1, 0.15) is 0 Å². The monoisotopic (exact) mass is 268 g/mol. The summed E-state index contributed by atoms with van der Waals surface area (Å²) >= 11 is 0. The smallest absolute Gasteiger partial charge is 0.222 e. The molecule has 110 valence electrons. The van der Waals surface area contributed by atoms with Crippen LogP contribution in [0.3, 0.4) is 0 Å². The van der Waals surface area contributed by atoms with Gasteiger partial charge in [-0.05, 0) is 12.8 Å². The fourth-order valence-electron chi connectivity index (χ4n) is 2.67. The molecular formula is C15H28N2O2. The van der Waals surface area contributed by atoms with E-state index in [1.165, 1.54) is 25.7 Å². The first-order chi connectivity index (χ1) is 9.02. The minimum absolute atomic E-state index is 0.00339. The molecule has 1 N–H and O–H groups in total. The molecule has 0 unspecified atom stereocenters. The maximum absolute atomic E-state index is 11.8. The van der Waals surface area contributed by atoms with E-state index in [9.17, 15) is 9.59 Å². The van der Waals surface area contributed by atoms with Crippen molar-refractivity contribution in [1.29, 1.82) is 0 Å². The van der Waals surface area contributed by atoms with Crippen molar-refractivity contribution in [1.82, 2.24) is 10.2 Å². The van der Waals surface area contributed by atoms with Crippen LogP contribution in [0.5, 0.6) is 0 Å². The van der Waals surface area contributed by atoms with Crippen LogP contribution >= 0.6 is 0 Å². The highest BCUT2D eigenvalue weighted by atomic mass is 16.2. The van der Waals surface area contributed by atoms with Gasteiger partial charge in [-0.25, -0.2) is 0 Å². The average molecular weight is 268 g/mol. The first-order valence-electron chi connectivity index (χ1n) is 7.57. The molecule has 0 saturated heterocycles. The summed E-state index contributed by atoms with van der Waals surface area (Å²) in [5, 5.41) is 2.89. The van der Waals surface area contributed by atoms with Crippen molar-refractivity contribution in [2.24, 2.45) is 5.92 Å². The van der Waals surface area contributed by atoms with Crippen molar-refractivity contribution < 1.29 is 9.59 Å². The van der Waals surface area contributed by atoms with E-state index in [1.807, 2.05) is 18.7 Å². The Bertz CT molecular complexity index is 295. The molecule has 0 bridgehead atoms. The van der Waals surface area contributed by atoms with Gasteiger partial charge in [0.05, 0.1) is 0 Å². The van der Waals surface area contributed by atoms with Crippen molar-refractivity contribution in [2.45, 2.75) is 65.3 Å². The van der Waals surface area contributed by atoms with E-state index >= 15 is 0 Å². The molecule has 0 heterocycles. The van der Waals surface area contributed by atoms with E-state index in [0.717, 1.165) is 12.8 Å². The SMILES string of the molecule is CC(=O)N(CCNC(=O)C(C)C)C1CCCCCC1. The normalized spacial score (nSPS) is 17.1. The van der Waals surface area contributed by atoms with E-state index in [0.29, 0.717) is 19.1 Å². The third-order valence-corrected chi connectivity index (χ3v) is 3.85. The molecule has 1 fully saturated rings. The van der Waals surface area contributed by atoms with Gasteiger partial charge in [0, 0.05) is 32.0 Å². The van der Waals surface area contributed by atoms with E-state index in [2.05, 4.69) is 5.32 Å². The number of amides is 2. The molecule has 1 aliphatic carbocycles. The Kier molecular flexibility index (Phi) is 6.89. The Balaban J connectivity index is 2.43. The second-order valence-corrected chi connectivity index (χ2v) is 5.80. The Morgan fingerprint density at radius 1 is 1.16 bits per heavy atom. The zero-order chi connectivity index (χ0) is 14.3. The van der Waals surface area contributed by atoms with Crippen molar-refractivity contribution in [2.75, 3.05) is 13.1 Å². The lowest BCUT2D eigenvalue weighted by Crippen LogP contribution is -2.44. The van der Waals surface area contributed by atoms with Gasteiger partial charge in [-0.15, -0.1) is 0 Å². The topological polar surface area (TPSA) is 49.4 Å². The highest BCUT2D eigenvalue weighted by Crippen LogP contribution is 2.21. The van der Waals surface area contributed by atoms with Gasteiger partial charge in [-0.2, -0.15) is 0 Å². The lowest BCUT2D eigenvalue weighted by atomic mass is 10.1. The predicted octanol–water partition coefficient (Wildman–Crippen LogP) is 2.33. The summed E-state index contributed by atoms with van der Waals surface area (Å²) in [6.07, 6.45) is 7.22. The van der Waals surface area contributed by atoms with Crippen LogP contribution in [0.15, 0.2) is 0 Å². The third kappa shape index (κ3) is 5.62. The molecule has 2 amide bonds. The van der Waals surface area contributed by atoms with Crippen LogP contribution in [0.25, 0.3) is 0 Å². The standard InChI is InChI=1S/C15H28N2O2/c1-12(2)15(19)16-10-11-17(13(3)18)14-8-6-4-5-7-9-14/h12,14H,4-11H2,1-3H3,(H,16,19). The summed E-state index contributed by atoms with van der Waals surface area (Å²) in [7, 11) is 0. The number of rotatable bonds is 5. The molecule has 1 aliphatic rings. The Hall–Kier alpha value is -1.06. The number of nitrogens with zero attached hydrogens (tertiary/aromatic N) is 1. The molecule has 1 rings (SSSR count). The summed E-state index contributed by atoms with van der Waals surface area (Å²) in [6.45, 7) is 6.59. The number of carbonyl (C=O) groups is 2. The van der Waals surface area contributed by atoms with Gasteiger partial charge >= 0.3 is 0 Å². The first kappa shape index (κ1) is 16.0. The molecule has 0 spiro atoms. The number of hydrogen-bond donors (Lipinski definition) is 1. The Morgan fingerprint density at radius 2 is 1.74 bits per heavy atom. The van der Waals surface area contributed by atoms with Crippen LogP contribution in [-0.2, 0) is 9.59 Å². The quantitative estimate of drug-likeness (QED) is 0.778. The molecule has 4 heteroatoms. The molecular weight excluding hydrogens is 240 g/mol. The van der Waals surface area contributed by atoms with Gasteiger partial charge in [0.25, 0.3) is 0 Å². The maximum Gasteiger partial charge on any atom is 0.222 e. The van der Waals surface area contributed by atoms with E-state index in [-0.39, 0.29) is 17.7 Å². The van der Waals surface area contributed by atoms with Crippen LogP contribution in [0, 0.1) is 5.92 Å². The van der Waals surface area contributed by atoms with Gasteiger partial charge in [0.2, 0.25) is 11.8 Å². The van der Waals surface area contributed by atoms with Crippen LogP contribution in [0.4, 0.5) is 0 Å². The summed E-state index contributed by atoms with van der Waals surface area (Å²) < 4.78 is 0. The number of hydrogen-bond acceptors (Lipinski definition) is 2. The van der Waals surface area contributed by atoms with Crippen LogP contribution in [0.2, 0.25) is 0 Å². The summed E-state index contributed by atoms with van der Waals surface area (Å²) in [6, 6.07) is 0.371. The van der Waals surface area contributed by atoms with Crippen molar-refractivity contribution >= 4 is 11.8 Å². The molecule has 0 aromatic rings. The molecule has 0 aliphatic heterocycles. The molecule has 0 aromatic heterocycles.